The molecule has 0 amide bonds. The number of aliphatic hydroxyl groups is 2. The second-order valence-electron chi connectivity index (χ2n) is 10.4. The van der Waals surface area contributed by atoms with Crippen molar-refractivity contribution in [1.29, 1.82) is 0 Å². The highest BCUT2D eigenvalue weighted by molar-refractivity contribution is 7.49. The van der Waals surface area contributed by atoms with Gasteiger partial charge in [0.15, 0.2) is 23.8 Å². The molecule has 20 nitrogen and oxygen atoms in total. The Morgan fingerprint density at radius 3 is 2.51 bits per heavy atom. The molecular weight excluding hydrogens is 675 g/mol. The number of aromatic nitrogens is 2. The van der Waals surface area contributed by atoms with Gasteiger partial charge >= 0.3 is 25.4 Å². The minimum Gasteiger partial charge on any atom is -0.486 e. The number of fused-ring (bicyclic) bond motifs is 1. The monoisotopic (exact) mass is 708 g/mol. The molecule has 4 rings (SSSR count). The van der Waals surface area contributed by atoms with Gasteiger partial charge in [0.25, 0.3) is 5.56 Å². The van der Waals surface area contributed by atoms with Crippen LogP contribution < -0.4 is 20.8 Å². The molecule has 0 spiro atoms. The minimum atomic E-state index is -5.50. The van der Waals surface area contributed by atoms with Gasteiger partial charge in [-0.1, -0.05) is 35.4 Å². The van der Waals surface area contributed by atoms with E-state index in [1.165, 1.54) is 25.1 Å². The Bertz CT molecular complexity index is 1890. The molecular formula is C28H33N6O14P. The molecule has 1 aliphatic rings. The van der Waals surface area contributed by atoms with Gasteiger partial charge in [-0.05, 0) is 42.1 Å². The Hall–Kier alpha value is -4.78. The van der Waals surface area contributed by atoms with E-state index in [2.05, 4.69) is 10.0 Å². The van der Waals surface area contributed by atoms with Crippen LogP contribution in [0.2, 0.25) is 0 Å². The van der Waals surface area contributed by atoms with E-state index < -0.39 is 80.6 Å². The third-order valence-electron chi connectivity index (χ3n) is 7.21. The highest BCUT2D eigenvalue weighted by Gasteiger charge is 2.56. The number of nitrogens with zero attached hydrogens (tertiary/aromatic N) is 5. The SMILES string of the molecule is CCOC(=O)CC[C@@H](C(=O)OCC)N(Oc1c(OC[C@@]2(N=[N+]=[N-])O[C@@H](n3ccc(=O)[nH]c3=O)[C@H](O)[C@@H]2O)ccc2ccccc12)P(=O)(O)O. The molecule has 0 saturated carbocycles. The van der Waals surface area contributed by atoms with E-state index in [0.717, 1.165) is 16.8 Å². The van der Waals surface area contributed by atoms with Crippen LogP contribution in [0.3, 0.4) is 0 Å². The Kier molecular flexibility index (Phi) is 11.8. The lowest BCUT2D eigenvalue weighted by Gasteiger charge is -2.31. The Labute approximate surface area is 276 Å². The van der Waals surface area contributed by atoms with Crippen LogP contribution in [0.5, 0.6) is 11.5 Å². The van der Waals surface area contributed by atoms with E-state index in [1.54, 1.807) is 25.1 Å². The van der Waals surface area contributed by atoms with Crippen LogP contribution in [0.15, 0.2) is 63.4 Å². The molecule has 3 aromatic rings. The Balaban J connectivity index is 1.75. The van der Waals surface area contributed by atoms with Crippen molar-refractivity contribution in [2.75, 3.05) is 19.8 Å². The first-order valence-corrected chi connectivity index (χ1v) is 16.2. The number of rotatable bonds is 15. The number of aromatic amines is 1. The summed E-state index contributed by atoms with van der Waals surface area (Å²) >= 11 is 0. The van der Waals surface area contributed by atoms with Gasteiger partial charge in [0.05, 0.1) is 13.2 Å². The molecule has 1 saturated heterocycles. The quantitative estimate of drug-likeness (QED) is 0.0367. The molecule has 2 heterocycles. The molecule has 264 valence electrons. The van der Waals surface area contributed by atoms with Gasteiger partial charge < -0.3 is 43.8 Å². The third kappa shape index (κ3) is 8.27. The molecule has 5 N–H and O–H groups in total. The third-order valence-corrected chi connectivity index (χ3v) is 8.09. The van der Waals surface area contributed by atoms with Crippen molar-refractivity contribution in [3.8, 4) is 11.5 Å². The normalized spacial score (nSPS) is 21.2. The fraction of sp³-hybridized carbons (Fsp3) is 0.429. The number of carbonyl (C=O) groups excluding carboxylic acids is 2. The lowest BCUT2D eigenvalue weighted by molar-refractivity contribution is -0.158. The second-order valence-corrected chi connectivity index (χ2v) is 11.8. The molecule has 1 aromatic heterocycles. The van der Waals surface area contributed by atoms with Crippen LogP contribution in [0.4, 0.5) is 0 Å². The van der Waals surface area contributed by atoms with E-state index in [4.69, 9.17) is 23.8 Å². The number of hydrogen-bond acceptors (Lipinski definition) is 13. The van der Waals surface area contributed by atoms with Gasteiger partial charge in [-0.15, -0.1) is 0 Å². The smallest absolute Gasteiger partial charge is 0.436 e. The summed E-state index contributed by atoms with van der Waals surface area (Å²) in [6.07, 6.45) is -5.52. The molecule has 49 heavy (non-hydrogen) atoms. The Morgan fingerprint density at radius 2 is 1.86 bits per heavy atom. The number of hydroxylamine groups is 1. The lowest BCUT2D eigenvalue weighted by Crippen LogP contribution is -2.46. The number of aliphatic hydroxyl groups excluding tert-OH is 2. The van der Waals surface area contributed by atoms with Gasteiger partial charge in [-0.2, -0.15) is 0 Å². The summed E-state index contributed by atoms with van der Waals surface area (Å²) in [7, 11) is -5.50. The summed E-state index contributed by atoms with van der Waals surface area (Å²) in [5.41, 5.74) is 5.17. The van der Waals surface area contributed by atoms with Crippen molar-refractivity contribution in [2.45, 2.75) is 56.9 Å². The zero-order valence-corrected chi connectivity index (χ0v) is 26.9. The van der Waals surface area contributed by atoms with E-state index in [9.17, 15) is 49.3 Å². The maximum absolute atomic E-state index is 13.0. The molecule has 5 atom stereocenters. The van der Waals surface area contributed by atoms with Crippen molar-refractivity contribution in [3.63, 3.8) is 0 Å². The summed E-state index contributed by atoms with van der Waals surface area (Å²) in [6.45, 7) is 1.99. The fourth-order valence-electron chi connectivity index (χ4n) is 4.98. The maximum atomic E-state index is 13.0. The number of hydrogen-bond donors (Lipinski definition) is 5. The first-order valence-electron chi connectivity index (χ1n) is 14.7. The predicted molar refractivity (Wildman–Crippen MR) is 166 cm³/mol. The molecule has 1 fully saturated rings. The van der Waals surface area contributed by atoms with Gasteiger partial charge in [-0.25, -0.2) is 9.36 Å². The molecule has 2 aromatic carbocycles. The number of carbonyl (C=O) groups is 2. The number of azide groups is 1. The largest absolute Gasteiger partial charge is 0.486 e. The van der Waals surface area contributed by atoms with Crippen LogP contribution in [0, 0.1) is 0 Å². The lowest BCUT2D eigenvalue weighted by atomic mass is 10.1. The first kappa shape index (κ1) is 37.0. The van der Waals surface area contributed by atoms with Gasteiger partial charge in [0, 0.05) is 29.0 Å². The number of benzene rings is 2. The van der Waals surface area contributed by atoms with Crippen molar-refractivity contribution in [1.82, 2.24) is 14.4 Å². The summed E-state index contributed by atoms with van der Waals surface area (Å²) in [5.74, 6) is -2.53. The zero-order valence-electron chi connectivity index (χ0n) is 26.0. The number of ether oxygens (including phenoxy) is 4. The van der Waals surface area contributed by atoms with Crippen molar-refractivity contribution >= 4 is 30.5 Å². The van der Waals surface area contributed by atoms with E-state index in [-0.39, 0.29) is 34.9 Å². The number of esters is 2. The van der Waals surface area contributed by atoms with Crippen molar-refractivity contribution in [2.24, 2.45) is 5.11 Å². The van der Waals surface area contributed by atoms with E-state index >= 15 is 0 Å². The van der Waals surface area contributed by atoms with Crippen molar-refractivity contribution in [3.05, 3.63) is 79.9 Å². The molecule has 21 heteroatoms. The highest BCUT2D eigenvalue weighted by atomic mass is 31.2. The Morgan fingerprint density at radius 1 is 1.14 bits per heavy atom. The zero-order chi connectivity index (χ0) is 35.9. The first-order chi connectivity index (χ1) is 23.3. The number of H-pyrrole nitrogens is 1. The summed E-state index contributed by atoms with van der Waals surface area (Å²) in [5, 5.41) is 25.9. The fourth-order valence-corrected chi connectivity index (χ4v) is 5.74. The second kappa shape index (κ2) is 15.6. The van der Waals surface area contributed by atoms with Crippen LogP contribution in [0.25, 0.3) is 21.2 Å². The standard InChI is InChI=1S/C28H33N6O14P/c1-3-44-21(36)12-10-18(26(39)45-4-2)34(49(41,42)43)48-23-17-8-6-5-7-16(17)9-11-19(23)46-15-28(31-32-29)24(38)22(37)25(47-28)33-14-13-20(35)30-27(33)40/h5-9,11,13-14,18,22,24-25,37-38H,3-4,10,12,15H2,1-2H3,(H,30,35,40)(H2,41,42,43)/t18-,22+,24-,25+,28+/m0/s1. The topological polar surface area (TPSA) is 285 Å². The van der Waals surface area contributed by atoms with Crippen molar-refractivity contribution < 1.29 is 57.9 Å². The summed E-state index contributed by atoms with van der Waals surface area (Å²) in [4.78, 5) is 80.3. The maximum Gasteiger partial charge on any atom is 0.436 e. The van der Waals surface area contributed by atoms with E-state index in [1.807, 2.05) is 4.98 Å². The van der Waals surface area contributed by atoms with E-state index in [0.29, 0.717) is 5.39 Å². The molecule has 0 bridgehead atoms. The van der Waals surface area contributed by atoms with Crippen LogP contribution >= 0.6 is 7.75 Å². The average Bonchev–Trinajstić information content (AvgIpc) is 3.28. The highest BCUT2D eigenvalue weighted by Crippen LogP contribution is 2.47. The van der Waals surface area contributed by atoms with Crippen LogP contribution in [0.1, 0.15) is 32.9 Å². The predicted octanol–water partition coefficient (Wildman–Crippen LogP) is 0.990. The summed E-state index contributed by atoms with van der Waals surface area (Å²) < 4.78 is 35.1. The molecule has 0 radical (unpaired) electrons. The van der Waals surface area contributed by atoms with Gasteiger partial charge in [-0.3, -0.25) is 23.9 Å². The van der Waals surface area contributed by atoms with Gasteiger partial charge in [0.1, 0.15) is 18.8 Å². The molecule has 0 aliphatic carbocycles. The number of nitrogens with one attached hydrogen (secondary N) is 1. The molecule has 0 unspecified atom stereocenters. The van der Waals surface area contributed by atoms with Gasteiger partial charge in [0.2, 0.25) is 5.72 Å². The molecule has 1 aliphatic heterocycles. The van der Waals surface area contributed by atoms with Crippen LogP contribution in [-0.4, -0.2) is 90.1 Å². The minimum absolute atomic E-state index is 0.0213. The summed E-state index contributed by atoms with van der Waals surface area (Å²) in [6, 6.07) is 8.32. The van der Waals surface area contributed by atoms with Crippen LogP contribution in [-0.2, 0) is 28.4 Å². The average molecular weight is 709 g/mol.